The predicted octanol–water partition coefficient (Wildman–Crippen LogP) is 3.45. The van der Waals surface area contributed by atoms with E-state index in [9.17, 15) is 5.11 Å². The van der Waals surface area contributed by atoms with E-state index < -0.39 is 0 Å². The highest BCUT2D eigenvalue weighted by molar-refractivity contribution is 5.90. The Labute approximate surface area is 140 Å². The summed E-state index contributed by atoms with van der Waals surface area (Å²) in [6.45, 7) is 2.45. The Hall–Kier alpha value is -2.66. The number of benzene rings is 2. The lowest BCUT2D eigenvalue weighted by atomic mass is 10.1. The summed E-state index contributed by atoms with van der Waals surface area (Å²) in [5, 5.41) is 14.5. The number of ether oxygens (including phenoxy) is 1. The van der Waals surface area contributed by atoms with Crippen LogP contribution in [0.15, 0.2) is 48.5 Å². The average Bonchev–Trinajstić information content (AvgIpc) is 3.13. The predicted molar refractivity (Wildman–Crippen MR) is 94.1 cm³/mol. The normalized spacial score (nSPS) is 17.2. The number of para-hydroxylation sites is 2. The van der Waals surface area contributed by atoms with Crippen LogP contribution in [0.5, 0.6) is 5.75 Å². The van der Waals surface area contributed by atoms with Crippen LogP contribution in [0.25, 0.3) is 22.3 Å². The lowest BCUT2D eigenvalue weighted by Gasteiger charge is -2.13. The number of phenolic OH excluding ortho intramolecular Hbond substituents is 1. The van der Waals surface area contributed by atoms with Crippen molar-refractivity contribution in [1.82, 2.24) is 9.97 Å². The topological polar surface area (TPSA) is 67.3 Å². The monoisotopic (exact) mass is 321 g/mol. The summed E-state index contributed by atoms with van der Waals surface area (Å²) in [5.74, 6) is 2.01. The molecule has 1 fully saturated rings. The van der Waals surface area contributed by atoms with Gasteiger partial charge in [-0.05, 0) is 30.7 Å². The van der Waals surface area contributed by atoms with E-state index >= 15 is 0 Å². The van der Waals surface area contributed by atoms with E-state index in [-0.39, 0.29) is 5.75 Å². The SMILES string of the molecule is Oc1ccccc1-c1nc(NCC2CCOC2)c2ccccc2n1. The minimum Gasteiger partial charge on any atom is -0.507 e. The molecule has 2 aromatic carbocycles. The maximum absolute atomic E-state index is 10.1. The molecule has 1 aromatic heterocycles. The molecule has 0 saturated carbocycles. The van der Waals surface area contributed by atoms with Crippen molar-refractivity contribution in [2.75, 3.05) is 25.1 Å². The third-order valence-electron chi connectivity index (χ3n) is 4.33. The van der Waals surface area contributed by atoms with Gasteiger partial charge in [0, 0.05) is 24.5 Å². The van der Waals surface area contributed by atoms with Gasteiger partial charge in [0.25, 0.3) is 0 Å². The minimum atomic E-state index is 0.183. The number of nitrogens with zero attached hydrogens (tertiary/aromatic N) is 2. The van der Waals surface area contributed by atoms with Gasteiger partial charge in [-0.1, -0.05) is 24.3 Å². The lowest BCUT2D eigenvalue weighted by molar-refractivity contribution is 0.187. The highest BCUT2D eigenvalue weighted by Gasteiger charge is 2.17. The molecule has 0 bridgehead atoms. The van der Waals surface area contributed by atoms with Gasteiger partial charge in [-0.15, -0.1) is 0 Å². The fourth-order valence-corrected chi connectivity index (χ4v) is 2.98. The summed E-state index contributed by atoms with van der Waals surface area (Å²) < 4.78 is 5.44. The van der Waals surface area contributed by atoms with E-state index in [4.69, 9.17) is 4.74 Å². The van der Waals surface area contributed by atoms with Gasteiger partial charge in [0.1, 0.15) is 11.6 Å². The molecule has 0 aliphatic carbocycles. The number of phenols is 1. The number of anilines is 1. The molecule has 5 heteroatoms. The lowest BCUT2D eigenvalue weighted by Crippen LogP contribution is -2.15. The van der Waals surface area contributed by atoms with Crippen LogP contribution in [0.3, 0.4) is 0 Å². The van der Waals surface area contributed by atoms with E-state index in [1.807, 2.05) is 36.4 Å². The zero-order valence-corrected chi connectivity index (χ0v) is 13.3. The van der Waals surface area contributed by atoms with Gasteiger partial charge in [-0.3, -0.25) is 0 Å². The average molecular weight is 321 g/mol. The van der Waals surface area contributed by atoms with Crippen molar-refractivity contribution >= 4 is 16.7 Å². The van der Waals surface area contributed by atoms with Gasteiger partial charge in [0.05, 0.1) is 17.7 Å². The van der Waals surface area contributed by atoms with Gasteiger partial charge in [0.2, 0.25) is 0 Å². The highest BCUT2D eigenvalue weighted by atomic mass is 16.5. The van der Waals surface area contributed by atoms with Crippen molar-refractivity contribution in [2.24, 2.45) is 5.92 Å². The van der Waals surface area contributed by atoms with Crippen molar-refractivity contribution in [3.63, 3.8) is 0 Å². The number of aromatic hydroxyl groups is 1. The third-order valence-corrected chi connectivity index (χ3v) is 4.33. The number of hydrogen-bond donors (Lipinski definition) is 2. The molecule has 1 aliphatic rings. The highest BCUT2D eigenvalue weighted by Crippen LogP contribution is 2.30. The van der Waals surface area contributed by atoms with Gasteiger partial charge < -0.3 is 15.2 Å². The molecule has 122 valence electrons. The van der Waals surface area contributed by atoms with Crippen LogP contribution < -0.4 is 5.32 Å². The fraction of sp³-hybridized carbons (Fsp3) is 0.263. The molecule has 1 aliphatic heterocycles. The molecule has 3 aromatic rings. The maximum atomic E-state index is 10.1. The molecule has 0 radical (unpaired) electrons. The van der Waals surface area contributed by atoms with Crippen LogP contribution in [0, 0.1) is 5.92 Å². The van der Waals surface area contributed by atoms with E-state index in [2.05, 4.69) is 15.3 Å². The smallest absolute Gasteiger partial charge is 0.165 e. The summed E-state index contributed by atoms with van der Waals surface area (Å²) in [5.41, 5.74) is 1.49. The van der Waals surface area contributed by atoms with Crippen molar-refractivity contribution in [2.45, 2.75) is 6.42 Å². The standard InChI is InChI=1S/C19H19N3O2/c23-17-8-4-2-6-15(17)19-21-16-7-3-1-5-14(16)18(22-19)20-11-13-9-10-24-12-13/h1-8,13,23H,9-12H2,(H,20,21,22). The van der Waals surface area contributed by atoms with Crippen molar-refractivity contribution < 1.29 is 9.84 Å². The molecule has 2 N–H and O–H groups in total. The molecule has 24 heavy (non-hydrogen) atoms. The second-order valence-electron chi connectivity index (χ2n) is 6.04. The maximum Gasteiger partial charge on any atom is 0.165 e. The van der Waals surface area contributed by atoms with Crippen molar-refractivity contribution in [3.05, 3.63) is 48.5 Å². The second-order valence-corrected chi connectivity index (χ2v) is 6.04. The van der Waals surface area contributed by atoms with Crippen LogP contribution >= 0.6 is 0 Å². The van der Waals surface area contributed by atoms with Gasteiger partial charge in [-0.2, -0.15) is 0 Å². The quantitative estimate of drug-likeness (QED) is 0.770. The van der Waals surface area contributed by atoms with E-state index in [0.29, 0.717) is 17.3 Å². The van der Waals surface area contributed by atoms with Crippen LogP contribution in [0.4, 0.5) is 5.82 Å². The van der Waals surface area contributed by atoms with Crippen molar-refractivity contribution in [3.8, 4) is 17.1 Å². The molecule has 0 amide bonds. The second kappa shape index (κ2) is 6.45. The molecule has 1 saturated heterocycles. The Kier molecular flexibility index (Phi) is 4.01. The van der Waals surface area contributed by atoms with E-state index in [1.54, 1.807) is 12.1 Å². The molecule has 2 heterocycles. The Morgan fingerprint density at radius 3 is 2.75 bits per heavy atom. The van der Waals surface area contributed by atoms with Gasteiger partial charge in [-0.25, -0.2) is 9.97 Å². The first-order chi connectivity index (χ1) is 11.8. The molecular formula is C19H19N3O2. The molecule has 0 spiro atoms. The molecule has 1 atom stereocenters. The first kappa shape index (κ1) is 14.9. The molecule has 1 unspecified atom stereocenters. The molecule has 5 nitrogen and oxygen atoms in total. The Morgan fingerprint density at radius 1 is 1.08 bits per heavy atom. The zero-order chi connectivity index (χ0) is 16.4. The van der Waals surface area contributed by atoms with Gasteiger partial charge >= 0.3 is 0 Å². The Bertz CT molecular complexity index is 860. The first-order valence-corrected chi connectivity index (χ1v) is 8.18. The summed E-state index contributed by atoms with van der Waals surface area (Å²) in [6, 6.07) is 15.1. The van der Waals surface area contributed by atoms with Crippen LogP contribution in [0.2, 0.25) is 0 Å². The number of nitrogens with one attached hydrogen (secondary N) is 1. The van der Waals surface area contributed by atoms with Crippen LogP contribution in [-0.4, -0.2) is 34.8 Å². The number of fused-ring (bicyclic) bond motifs is 1. The zero-order valence-electron chi connectivity index (χ0n) is 13.3. The fourth-order valence-electron chi connectivity index (χ4n) is 2.98. The van der Waals surface area contributed by atoms with Crippen LogP contribution in [0.1, 0.15) is 6.42 Å². The largest absolute Gasteiger partial charge is 0.507 e. The number of aromatic nitrogens is 2. The minimum absolute atomic E-state index is 0.183. The first-order valence-electron chi connectivity index (χ1n) is 8.18. The van der Waals surface area contributed by atoms with E-state index in [1.165, 1.54) is 0 Å². The molecular weight excluding hydrogens is 302 g/mol. The number of hydrogen-bond acceptors (Lipinski definition) is 5. The summed E-state index contributed by atoms with van der Waals surface area (Å²) in [7, 11) is 0. The molecule has 4 rings (SSSR count). The summed E-state index contributed by atoms with van der Waals surface area (Å²) in [4.78, 5) is 9.28. The number of rotatable bonds is 4. The summed E-state index contributed by atoms with van der Waals surface area (Å²) >= 11 is 0. The third kappa shape index (κ3) is 2.90. The Balaban J connectivity index is 1.74. The van der Waals surface area contributed by atoms with Crippen LogP contribution in [-0.2, 0) is 4.74 Å². The van der Waals surface area contributed by atoms with Gasteiger partial charge in [0.15, 0.2) is 5.82 Å². The van der Waals surface area contributed by atoms with Crippen molar-refractivity contribution in [1.29, 1.82) is 0 Å². The Morgan fingerprint density at radius 2 is 1.92 bits per heavy atom. The van der Waals surface area contributed by atoms with E-state index in [0.717, 1.165) is 42.9 Å². The summed E-state index contributed by atoms with van der Waals surface area (Å²) in [6.07, 6.45) is 1.07.